The molecule has 0 amide bonds. The zero-order chi connectivity index (χ0) is 33.6. The van der Waals surface area contributed by atoms with E-state index in [1.165, 1.54) is 49.1 Å². The molecule has 0 saturated heterocycles. The third-order valence-electron chi connectivity index (χ3n) is 10.4. The summed E-state index contributed by atoms with van der Waals surface area (Å²) in [4.78, 5) is 9.90. The first-order valence-electron chi connectivity index (χ1n) is 17.2. The Kier molecular flexibility index (Phi) is 6.10. The van der Waals surface area contributed by atoms with Crippen LogP contribution in [0.3, 0.4) is 0 Å². The molecule has 4 aromatic heterocycles. The lowest BCUT2D eigenvalue weighted by atomic mass is 9.88. The second kappa shape index (κ2) is 10.6. The molecular formula is C46H34N4. The summed E-state index contributed by atoms with van der Waals surface area (Å²) in [5, 5.41) is 8.38. The van der Waals surface area contributed by atoms with E-state index >= 15 is 0 Å². The number of rotatable bonds is 3. The standard InChI is InChI=1S/C46H34N4/c1-46(2,3)31-21-23-47-44(26-31)50-41-16-10-7-13-34(41)36-20-18-32(27-42(36)50)49-40-15-9-8-14-35(40)39-25-30-17-19-37-33(29-11-5-4-6-12-29)22-24-48-45(37)38(30)28-43(39)49/h4-28H,1-3H3. The highest BCUT2D eigenvalue weighted by molar-refractivity contribution is 6.19. The minimum absolute atomic E-state index is 0.00818. The minimum atomic E-state index is 0.00818. The van der Waals surface area contributed by atoms with Gasteiger partial charge in [0.2, 0.25) is 0 Å². The predicted octanol–water partition coefficient (Wildman–Crippen LogP) is 11.9. The van der Waals surface area contributed by atoms with Gasteiger partial charge in [0.25, 0.3) is 0 Å². The quantitative estimate of drug-likeness (QED) is 0.180. The molecule has 0 aliphatic heterocycles. The molecule has 50 heavy (non-hydrogen) atoms. The summed E-state index contributed by atoms with van der Waals surface area (Å²) in [5.41, 5.74) is 10.4. The number of hydrogen-bond donors (Lipinski definition) is 0. The lowest BCUT2D eigenvalue weighted by Crippen LogP contribution is -2.12. The molecular weight excluding hydrogens is 609 g/mol. The Morgan fingerprint density at radius 2 is 1.12 bits per heavy atom. The van der Waals surface area contributed by atoms with E-state index in [0.717, 1.165) is 44.3 Å². The molecule has 0 unspecified atom stereocenters. The Bertz CT molecular complexity index is 2960. The summed E-state index contributed by atoms with van der Waals surface area (Å²) in [7, 11) is 0. The van der Waals surface area contributed by atoms with Gasteiger partial charge in [0.1, 0.15) is 5.82 Å². The molecule has 0 atom stereocenters. The van der Waals surface area contributed by atoms with E-state index in [4.69, 9.17) is 9.97 Å². The topological polar surface area (TPSA) is 35.6 Å². The van der Waals surface area contributed by atoms with Crippen molar-refractivity contribution in [1.29, 1.82) is 0 Å². The zero-order valence-electron chi connectivity index (χ0n) is 28.2. The Hall–Kier alpha value is -6.26. The number of aromatic nitrogens is 4. The highest BCUT2D eigenvalue weighted by Gasteiger charge is 2.20. The largest absolute Gasteiger partial charge is 0.309 e. The van der Waals surface area contributed by atoms with E-state index in [0.29, 0.717) is 0 Å². The molecule has 4 nitrogen and oxygen atoms in total. The molecule has 0 aliphatic carbocycles. The lowest BCUT2D eigenvalue weighted by Gasteiger charge is -2.20. The third kappa shape index (κ3) is 4.25. The summed E-state index contributed by atoms with van der Waals surface area (Å²) < 4.78 is 4.75. The lowest BCUT2D eigenvalue weighted by molar-refractivity contribution is 0.588. The Morgan fingerprint density at radius 3 is 1.92 bits per heavy atom. The van der Waals surface area contributed by atoms with Crippen LogP contribution < -0.4 is 0 Å². The van der Waals surface area contributed by atoms with Crippen molar-refractivity contribution in [3.63, 3.8) is 0 Å². The van der Waals surface area contributed by atoms with Gasteiger partial charge in [-0.15, -0.1) is 0 Å². The average Bonchev–Trinajstić information content (AvgIpc) is 3.65. The van der Waals surface area contributed by atoms with Gasteiger partial charge in [-0.1, -0.05) is 106 Å². The normalized spacial score (nSPS) is 12.3. The summed E-state index contributed by atoms with van der Waals surface area (Å²) in [5.74, 6) is 0.931. The minimum Gasteiger partial charge on any atom is -0.309 e. The molecule has 0 radical (unpaired) electrons. The number of fused-ring (bicyclic) bond motifs is 9. The van der Waals surface area contributed by atoms with Gasteiger partial charge in [-0.25, -0.2) is 4.98 Å². The fourth-order valence-electron chi connectivity index (χ4n) is 7.90. The maximum absolute atomic E-state index is 4.97. The molecule has 0 bridgehead atoms. The van der Waals surface area contributed by atoms with Crippen LogP contribution >= 0.6 is 0 Å². The SMILES string of the molecule is CC(C)(C)c1ccnc(-n2c3ccccc3c3ccc(-n4c5ccccc5c5cc6ccc7c(-c8ccccc8)ccnc7c6cc54)cc32)c1. The van der Waals surface area contributed by atoms with Gasteiger partial charge in [-0.3, -0.25) is 9.55 Å². The molecule has 4 heterocycles. The molecule has 10 rings (SSSR count). The number of nitrogens with zero attached hydrogens (tertiary/aromatic N) is 4. The van der Waals surface area contributed by atoms with Gasteiger partial charge in [0.15, 0.2) is 0 Å². The van der Waals surface area contributed by atoms with Crippen LogP contribution in [0.2, 0.25) is 0 Å². The maximum Gasteiger partial charge on any atom is 0.137 e. The molecule has 0 fully saturated rings. The summed E-state index contributed by atoms with van der Waals surface area (Å²) >= 11 is 0. The van der Waals surface area contributed by atoms with E-state index in [1.54, 1.807) is 0 Å². The summed E-state index contributed by atoms with van der Waals surface area (Å²) in [6, 6.07) is 50.6. The Morgan fingerprint density at radius 1 is 0.460 bits per heavy atom. The molecule has 10 aromatic rings. The number of pyridine rings is 2. The van der Waals surface area contributed by atoms with E-state index < -0.39 is 0 Å². The van der Waals surface area contributed by atoms with Crippen molar-refractivity contribution in [3.8, 4) is 22.6 Å². The first kappa shape index (κ1) is 28.7. The first-order chi connectivity index (χ1) is 24.4. The first-order valence-corrected chi connectivity index (χ1v) is 17.2. The van der Waals surface area contributed by atoms with Crippen LogP contribution in [0.1, 0.15) is 26.3 Å². The van der Waals surface area contributed by atoms with Crippen LogP contribution in [0, 0.1) is 0 Å². The molecule has 238 valence electrons. The van der Waals surface area contributed by atoms with Crippen LogP contribution in [0.25, 0.3) is 87.9 Å². The zero-order valence-corrected chi connectivity index (χ0v) is 28.2. The highest BCUT2D eigenvalue weighted by Crippen LogP contribution is 2.40. The smallest absolute Gasteiger partial charge is 0.137 e. The van der Waals surface area contributed by atoms with Crippen LogP contribution in [0.4, 0.5) is 0 Å². The number of hydrogen-bond acceptors (Lipinski definition) is 2. The van der Waals surface area contributed by atoms with Crippen molar-refractivity contribution in [3.05, 3.63) is 157 Å². The average molecular weight is 643 g/mol. The molecule has 0 saturated carbocycles. The van der Waals surface area contributed by atoms with Crippen molar-refractivity contribution in [1.82, 2.24) is 19.1 Å². The van der Waals surface area contributed by atoms with Crippen LogP contribution in [-0.2, 0) is 5.41 Å². The molecule has 0 aliphatic rings. The van der Waals surface area contributed by atoms with Gasteiger partial charge in [0, 0.05) is 50.4 Å². The number of benzene rings is 6. The van der Waals surface area contributed by atoms with Gasteiger partial charge in [-0.2, -0.15) is 0 Å². The fourth-order valence-corrected chi connectivity index (χ4v) is 7.90. The van der Waals surface area contributed by atoms with Crippen molar-refractivity contribution in [2.24, 2.45) is 0 Å². The fraction of sp³-hybridized carbons (Fsp3) is 0.0870. The van der Waals surface area contributed by atoms with Gasteiger partial charge >= 0.3 is 0 Å². The molecule has 0 N–H and O–H groups in total. The second-order valence-electron chi connectivity index (χ2n) is 14.3. The highest BCUT2D eigenvalue weighted by atomic mass is 15.1. The monoisotopic (exact) mass is 642 g/mol. The van der Waals surface area contributed by atoms with Crippen LogP contribution in [0.5, 0.6) is 0 Å². The molecule has 4 heteroatoms. The van der Waals surface area contributed by atoms with Crippen molar-refractivity contribution in [2.45, 2.75) is 26.2 Å². The van der Waals surface area contributed by atoms with Crippen LogP contribution in [0.15, 0.2) is 152 Å². The maximum atomic E-state index is 4.97. The Labute approximate surface area is 289 Å². The van der Waals surface area contributed by atoms with Crippen molar-refractivity contribution < 1.29 is 0 Å². The summed E-state index contributed by atoms with van der Waals surface area (Å²) in [6.45, 7) is 6.76. The van der Waals surface area contributed by atoms with Gasteiger partial charge in [-0.05, 0) is 82.1 Å². The van der Waals surface area contributed by atoms with Crippen molar-refractivity contribution >= 4 is 65.3 Å². The molecule has 6 aromatic carbocycles. The van der Waals surface area contributed by atoms with E-state index in [9.17, 15) is 0 Å². The van der Waals surface area contributed by atoms with E-state index in [2.05, 4.69) is 169 Å². The van der Waals surface area contributed by atoms with Gasteiger partial charge in [0.05, 0.1) is 27.6 Å². The van der Waals surface area contributed by atoms with Gasteiger partial charge < -0.3 is 4.57 Å². The number of para-hydroxylation sites is 2. The van der Waals surface area contributed by atoms with Crippen molar-refractivity contribution in [2.75, 3.05) is 0 Å². The predicted molar refractivity (Wildman–Crippen MR) is 210 cm³/mol. The van der Waals surface area contributed by atoms with E-state index in [1.807, 2.05) is 12.4 Å². The summed E-state index contributed by atoms with van der Waals surface area (Å²) in [6.07, 6.45) is 3.89. The molecule has 0 spiro atoms. The second-order valence-corrected chi connectivity index (χ2v) is 14.3. The third-order valence-corrected chi connectivity index (χ3v) is 10.4. The van der Waals surface area contributed by atoms with E-state index in [-0.39, 0.29) is 5.41 Å². The Balaban J connectivity index is 1.27. The van der Waals surface area contributed by atoms with Crippen LogP contribution in [-0.4, -0.2) is 19.1 Å².